The molecule has 136 valence electrons. The lowest BCUT2D eigenvalue weighted by molar-refractivity contribution is -0.170. The highest BCUT2D eigenvalue weighted by molar-refractivity contribution is 5.37. The van der Waals surface area contributed by atoms with Crippen LogP contribution in [0.4, 0.5) is 0 Å². The Morgan fingerprint density at radius 2 is 1.67 bits per heavy atom. The maximum Gasteiger partial charge on any atom is 0.105 e. The number of rotatable bonds is 0. The number of hydrogen-bond donors (Lipinski definition) is 4. The summed E-state index contributed by atoms with van der Waals surface area (Å²) in [6.07, 6.45) is 3.03. The molecule has 0 heterocycles. The van der Waals surface area contributed by atoms with Gasteiger partial charge in [-0.15, -0.1) is 0 Å². The Kier molecular flexibility index (Phi) is 3.29. The van der Waals surface area contributed by atoms with Gasteiger partial charge in [0.25, 0.3) is 0 Å². The zero-order valence-electron chi connectivity index (χ0n) is 15.3. The third kappa shape index (κ3) is 1.78. The number of aliphatic hydroxyl groups is 4. The van der Waals surface area contributed by atoms with Crippen LogP contribution in [0.15, 0.2) is 11.1 Å². The average molecular weight is 336 g/mol. The van der Waals surface area contributed by atoms with Crippen molar-refractivity contribution in [2.45, 2.75) is 89.6 Å². The van der Waals surface area contributed by atoms with Gasteiger partial charge in [0.1, 0.15) is 5.60 Å². The summed E-state index contributed by atoms with van der Waals surface area (Å²) in [4.78, 5) is 0. The maximum atomic E-state index is 11.6. The first-order valence-corrected chi connectivity index (χ1v) is 9.47. The van der Waals surface area contributed by atoms with E-state index in [4.69, 9.17) is 0 Å². The largest absolute Gasteiger partial charge is 0.392 e. The molecule has 4 heteroatoms. The fraction of sp³-hybridized carbons (Fsp3) is 0.900. The minimum absolute atomic E-state index is 0.184. The van der Waals surface area contributed by atoms with E-state index >= 15 is 0 Å². The van der Waals surface area contributed by atoms with Gasteiger partial charge in [0, 0.05) is 11.3 Å². The monoisotopic (exact) mass is 336 g/mol. The van der Waals surface area contributed by atoms with Crippen LogP contribution < -0.4 is 0 Å². The number of allylic oxidation sites excluding steroid dienone is 1. The smallest absolute Gasteiger partial charge is 0.105 e. The van der Waals surface area contributed by atoms with Crippen LogP contribution in [0.5, 0.6) is 0 Å². The number of aliphatic hydroxyl groups excluding tert-OH is 2. The summed E-state index contributed by atoms with van der Waals surface area (Å²) < 4.78 is 0. The molecule has 7 atom stereocenters. The van der Waals surface area contributed by atoms with Crippen molar-refractivity contribution in [3.63, 3.8) is 0 Å². The Morgan fingerprint density at radius 3 is 2.33 bits per heavy atom. The zero-order valence-corrected chi connectivity index (χ0v) is 15.3. The molecule has 2 bridgehead atoms. The van der Waals surface area contributed by atoms with Gasteiger partial charge in [-0.05, 0) is 63.7 Å². The van der Waals surface area contributed by atoms with E-state index in [0.717, 1.165) is 24.8 Å². The van der Waals surface area contributed by atoms with Crippen molar-refractivity contribution < 1.29 is 20.4 Å². The van der Waals surface area contributed by atoms with E-state index in [9.17, 15) is 20.4 Å². The normalized spacial score (nSPS) is 56.0. The first kappa shape index (κ1) is 17.0. The van der Waals surface area contributed by atoms with Gasteiger partial charge in [0.15, 0.2) is 0 Å². The Bertz CT molecular complexity index is 607. The average Bonchev–Trinajstić information content (AvgIpc) is 2.76. The Labute approximate surface area is 144 Å². The maximum absolute atomic E-state index is 11.6. The molecule has 3 saturated carbocycles. The molecule has 4 aliphatic carbocycles. The van der Waals surface area contributed by atoms with Gasteiger partial charge in [-0.25, -0.2) is 0 Å². The third-order valence-electron chi connectivity index (χ3n) is 8.54. The van der Waals surface area contributed by atoms with E-state index in [2.05, 4.69) is 6.92 Å². The molecular weight excluding hydrogens is 304 g/mol. The molecule has 0 aliphatic heterocycles. The standard InChI is InChI=1S/C20H32O4/c1-11-13-6-5-12-8-19(13,10-18(12,4)23)9-16(22)20(24)14(11)7-15(21)17(20,2)3/h12,14-16,21-24H,5-10H2,1-4H3/t12-,14-,15-,16+,18+,19+,20-/m0/s1. The lowest BCUT2D eigenvalue weighted by Crippen LogP contribution is -2.57. The molecular formula is C20H32O4. The molecule has 0 unspecified atom stereocenters. The van der Waals surface area contributed by atoms with Crippen molar-refractivity contribution in [2.24, 2.45) is 22.7 Å². The molecule has 0 aromatic carbocycles. The van der Waals surface area contributed by atoms with E-state index in [1.807, 2.05) is 20.8 Å². The molecule has 1 spiro atoms. The third-order valence-corrected chi connectivity index (χ3v) is 8.54. The first-order valence-electron chi connectivity index (χ1n) is 9.47. The second kappa shape index (κ2) is 4.64. The molecule has 0 aromatic heterocycles. The van der Waals surface area contributed by atoms with Crippen molar-refractivity contribution >= 4 is 0 Å². The van der Waals surface area contributed by atoms with Gasteiger partial charge in [0.05, 0.1) is 17.8 Å². The summed E-state index contributed by atoms with van der Waals surface area (Å²) in [5, 5.41) is 44.2. The fourth-order valence-electron chi connectivity index (χ4n) is 7.03. The summed E-state index contributed by atoms with van der Waals surface area (Å²) in [7, 11) is 0. The zero-order chi connectivity index (χ0) is 17.7. The minimum atomic E-state index is -1.31. The van der Waals surface area contributed by atoms with Gasteiger partial charge in [-0.1, -0.05) is 25.0 Å². The number of hydrogen-bond acceptors (Lipinski definition) is 4. The summed E-state index contributed by atoms with van der Waals surface area (Å²) in [6, 6.07) is 0. The summed E-state index contributed by atoms with van der Waals surface area (Å²) in [5.41, 5.74) is -0.407. The van der Waals surface area contributed by atoms with Crippen LogP contribution in [-0.2, 0) is 0 Å². The first-order chi connectivity index (χ1) is 11.0. The molecule has 0 aromatic rings. The predicted octanol–water partition coefficient (Wildman–Crippen LogP) is 2.15. The van der Waals surface area contributed by atoms with Crippen LogP contribution in [0, 0.1) is 22.7 Å². The van der Waals surface area contributed by atoms with Crippen LogP contribution in [-0.4, -0.2) is 43.8 Å². The highest BCUT2D eigenvalue weighted by Crippen LogP contribution is 2.66. The van der Waals surface area contributed by atoms with Crippen molar-refractivity contribution in [3.8, 4) is 0 Å². The molecule has 24 heavy (non-hydrogen) atoms. The molecule has 4 rings (SSSR count). The molecule has 4 aliphatic rings. The second-order valence-corrected chi connectivity index (χ2v) is 9.99. The fourth-order valence-corrected chi connectivity index (χ4v) is 7.03. The summed E-state index contributed by atoms with van der Waals surface area (Å²) >= 11 is 0. The van der Waals surface area contributed by atoms with Crippen molar-refractivity contribution in [2.75, 3.05) is 0 Å². The molecule has 4 nitrogen and oxygen atoms in total. The Hall–Kier alpha value is -0.420. The Morgan fingerprint density at radius 1 is 1.00 bits per heavy atom. The highest BCUT2D eigenvalue weighted by Gasteiger charge is 2.67. The lowest BCUT2D eigenvalue weighted by Gasteiger charge is -2.45. The van der Waals surface area contributed by atoms with Crippen molar-refractivity contribution in [3.05, 3.63) is 11.1 Å². The van der Waals surface area contributed by atoms with Crippen LogP contribution in [0.2, 0.25) is 0 Å². The van der Waals surface area contributed by atoms with Crippen LogP contribution >= 0.6 is 0 Å². The summed E-state index contributed by atoms with van der Waals surface area (Å²) in [5.74, 6) is 0.0846. The molecule has 4 N–H and O–H groups in total. The SMILES string of the molecule is CC1=C2CC[C@H]3C[C@@]2(C[C@@H](O)[C@@]2(O)[C@H]1C[C@H](O)C2(C)C)C[C@@]3(C)O. The van der Waals surface area contributed by atoms with Gasteiger partial charge in [0.2, 0.25) is 0 Å². The molecule has 0 radical (unpaired) electrons. The topological polar surface area (TPSA) is 80.9 Å². The van der Waals surface area contributed by atoms with Gasteiger partial charge in [-0.2, -0.15) is 0 Å². The van der Waals surface area contributed by atoms with E-state index in [-0.39, 0.29) is 17.3 Å². The number of fused-ring (bicyclic) bond motifs is 2. The minimum Gasteiger partial charge on any atom is -0.392 e. The lowest BCUT2D eigenvalue weighted by atomic mass is 9.66. The van der Waals surface area contributed by atoms with E-state index in [0.29, 0.717) is 19.3 Å². The van der Waals surface area contributed by atoms with E-state index in [1.54, 1.807) is 0 Å². The van der Waals surface area contributed by atoms with Crippen LogP contribution in [0.25, 0.3) is 0 Å². The molecule has 0 saturated heterocycles. The predicted molar refractivity (Wildman–Crippen MR) is 91.2 cm³/mol. The summed E-state index contributed by atoms with van der Waals surface area (Å²) in [6.45, 7) is 7.77. The van der Waals surface area contributed by atoms with Gasteiger partial charge < -0.3 is 20.4 Å². The van der Waals surface area contributed by atoms with Gasteiger partial charge >= 0.3 is 0 Å². The van der Waals surface area contributed by atoms with Crippen LogP contribution in [0.1, 0.15) is 66.2 Å². The quantitative estimate of drug-likeness (QED) is 0.511. The van der Waals surface area contributed by atoms with Crippen LogP contribution in [0.3, 0.4) is 0 Å². The van der Waals surface area contributed by atoms with Gasteiger partial charge in [-0.3, -0.25) is 0 Å². The van der Waals surface area contributed by atoms with E-state index < -0.39 is 28.8 Å². The second-order valence-electron chi connectivity index (χ2n) is 9.99. The Balaban J connectivity index is 1.87. The van der Waals surface area contributed by atoms with Crippen molar-refractivity contribution in [1.82, 2.24) is 0 Å². The molecule has 3 fully saturated rings. The van der Waals surface area contributed by atoms with E-state index in [1.165, 1.54) is 5.57 Å². The van der Waals surface area contributed by atoms with Crippen molar-refractivity contribution in [1.29, 1.82) is 0 Å². The molecule has 0 amide bonds. The highest BCUT2D eigenvalue weighted by atomic mass is 16.4.